The molecule has 1 nitrogen and oxygen atoms in total. The van der Waals surface area contributed by atoms with Crippen LogP contribution in [0.25, 0.3) is 0 Å². The molecule has 1 heteroatoms. The fourth-order valence-electron chi connectivity index (χ4n) is 4.54. The molecule has 0 heterocycles. The van der Waals surface area contributed by atoms with Gasteiger partial charge in [-0.15, -0.1) is 0 Å². The summed E-state index contributed by atoms with van der Waals surface area (Å²) in [5.41, 5.74) is 5.83. The molecule has 0 aromatic rings. The molecule has 98 valence electrons. The highest BCUT2D eigenvalue weighted by Gasteiger charge is 2.44. The van der Waals surface area contributed by atoms with Gasteiger partial charge in [-0.25, -0.2) is 0 Å². The van der Waals surface area contributed by atoms with E-state index in [2.05, 4.69) is 6.92 Å². The van der Waals surface area contributed by atoms with Crippen molar-refractivity contribution in [2.75, 3.05) is 6.54 Å². The highest BCUT2D eigenvalue weighted by atomic mass is 14.6. The molecule has 2 N–H and O–H groups in total. The van der Waals surface area contributed by atoms with Crippen LogP contribution in [0.5, 0.6) is 0 Å². The van der Waals surface area contributed by atoms with Gasteiger partial charge in [0.25, 0.3) is 0 Å². The number of hydrogen-bond acceptors (Lipinski definition) is 1. The predicted molar refractivity (Wildman–Crippen MR) is 72.6 cm³/mol. The lowest BCUT2D eigenvalue weighted by Crippen LogP contribution is -2.24. The van der Waals surface area contributed by atoms with E-state index in [1.165, 1.54) is 44.9 Å². The molecule has 0 bridgehead atoms. The van der Waals surface area contributed by atoms with Gasteiger partial charge in [-0.2, -0.15) is 0 Å². The Morgan fingerprint density at radius 2 is 1.71 bits per heavy atom. The molecule has 0 amide bonds. The molecule has 3 aliphatic carbocycles. The van der Waals surface area contributed by atoms with Crippen LogP contribution in [0.2, 0.25) is 0 Å². The van der Waals surface area contributed by atoms with Crippen molar-refractivity contribution in [1.29, 1.82) is 0 Å². The van der Waals surface area contributed by atoms with Gasteiger partial charge in [0.15, 0.2) is 0 Å². The highest BCUT2D eigenvalue weighted by Crippen LogP contribution is 2.52. The first-order valence-corrected chi connectivity index (χ1v) is 7.98. The van der Waals surface area contributed by atoms with Crippen molar-refractivity contribution in [3.8, 4) is 0 Å². The second-order valence-electron chi connectivity index (χ2n) is 7.26. The molecule has 17 heavy (non-hydrogen) atoms. The van der Waals surface area contributed by atoms with Crippen LogP contribution in [-0.4, -0.2) is 6.54 Å². The second kappa shape index (κ2) is 4.91. The van der Waals surface area contributed by atoms with Crippen molar-refractivity contribution in [2.24, 2.45) is 41.2 Å². The summed E-state index contributed by atoms with van der Waals surface area (Å²) in [6.45, 7) is 3.44. The summed E-state index contributed by atoms with van der Waals surface area (Å²) in [6, 6.07) is 0. The average Bonchev–Trinajstić information content (AvgIpc) is 2.99. The maximum absolute atomic E-state index is 5.83. The summed E-state index contributed by atoms with van der Waals surface area (Å²) in [6.07, 6.45) is 12.1. The second-order valence-corrected chi connectivity index (χ2v) is 7.26. The van der Waals surface area contributed by atoms with Gasteiger partial charge in [0.2, 0.25) is 0 Å². The zero-order valence-corrected chi connectivity index (χ0v) is 11.4. The molecule has 0 aliphatic heterocycles. The number of nitrogens with two attached hydrogens (primary N) is 1. The maximum Gasteiger partial charge on any atom is -0.00460 e. The van der Waals surface area contributed by atoms with Crippen LogP contribution < -0.4 is 5.73 Å². The maximum atomic E-state index is 5.83. The number of hydrogen-bond donors (Lipinski definition) is 1. The SMILES string of the molecule is CC1CCC(C2CC2CN)CC(C2CCC2)C1. The molecule has 3 rings (SSSR count). The lowest BCUT2D eigenvalue weighted by molar-refractivity contribution is 0.158. The topological polar surface area (TPSA) is 26.0 Å². The van der Waals surface area contributed by atoms with Crippen molar-refractivity contribution >= 4 is 0 Å². The Kier molecular flexibility index (Phi) is 3.47. The van der Waals surface area contributed by atoms with Gasteiger partial charge in [-0.1, -0.05) is 32.6 Å². The van der Waals surface area contributed by atoms with Crippen molar-refractivity contribution in [3.05, 3.63) is 0 Å². The van der Waals surface area contributed by atoms with Crippen molar-refractivity contribution in [1.82, 2.24) is 0 Å². The summed E-state index contributed by atoms with van der Waals surface area (Å²) in [7, 11) is 0. The van der Waals surface area contributed by atoms with Crippen LogP contribution in [0.15, 0.2) is 0 Å². The van der Waals surface area contributed by atoms with E-state index in [1.54, 1.807) is 6.42 Å². The van der Waals surface area contributed by atoms with Gasteiger partial charge in [-0.05, 0) is 67.7 Å². The van der Waals surface area contributed by atoms with E-state index in [1.807, 2.05) is 0 Å². The molecule has 0 radical (unpaired) electrons. The van der Waals surface area contributed by atoms with Crippen LogP contribution >= 0.6 is 0 Å². The van der Waals surface area contributed by atoms with E-state index >= 15 is 0 Å². The fourth-order valence-corrected chi connectivity index (χ4v) is 4.54. The Bertz CT molecular complexity index is 258. The average molecular weight is 235 g/mol. The summed E-state index contributed by atoms with van der Waals surface area (Å²) in [5.74, 6) is 6.13. The van der Waals surface area contributed by atoms with Crippen LogP contribution in [0.1, 0.15) is 58.3 Å². The van der Waals surface area contributed by atoms with Crippen LogP contribution in [0.4, 0.5) is 0 Å². The standard InChI is InChI=1S/C16H29N/c1-11-5-6-13(16-9-15(16)10-17)8-14(7-11)12-3-2-4-12/h11-16H,2-10,17H2,1H3. The van der Waals surface area contributed by atoms with Gasteiger partial charge >= 0.3 is 0 Å². The zero-order valence-electron chi connectivity index (χ0n) is 11.4. The van der Waals surface area contributed by atoms with Crippen LogP contribution in [0.3, 0.4) is 0 Å². The Labute approximate surface area is 107 Å². The first kappa shape index (κ1) is 12.0. The van der Waals surface area contributed by atoms with Crippen molar-refractivity contribution < 1.29 is 0 Å². The van der Waals surface area contributed by atoms with E-state index in [4.69, 9.17) is 5.73 Å². The Balaban J connectivity index is 1.60. The molecule has 0 aromatic carbocycles. The van der Waals surface area contributed by atoms with E-state index in [0.717, 1.165) is 42.1 Å². The quantitative estimate of drug-likeness (QED) is 0.739. The molecular weight excluding hydrogens is 206 g/mol. The zero-order chi connectivity index (χ0) is 11.8. The summed E-state index contributed by atoms with van der Waals surface area (Å²) >= 11 is 0. The lowest BCUT2D eigenvalue weighted by Gasteiger charge is -2.35. The molecule has 0 spiro atoms. The highest BCUT2D eigenvalue weighted by molar-refractivity contribution is 4.95. The van der Waals surface area contributed by atoms with E-state index < -0.39 is 0 Å². The monoisotopic (exact) mass is 235 g/mol. The minimum absolute atomic E-state index is 0.899. The van der Waals surface area contributed by atoms with E-state index in [0.29, 0.717) is 0 Å². The van der Waals surface area contributed by atoms with Gasteiger partial charge in [-0.3, -0.25) is 0 Å². The molecular formula is C16H29N. The summed E-state index contributed by atoms with van der Waals surface area (Å²) in [5, 5.41) is 0. The molecule has 3 saturated carbocycles. The van der Waals surface area contributed by atoms with Crippen LogP contribution in [-0.2, 0) is 0 Å². The molecule has 0 saturated heterocycles. The minimum Gasteiger partial charge on any atom is -0.330 e. The summed E-state index contributed by atoms with van der Waals surface area (Å²) < 4.78 is 0. The van der Waals surface area contributed by atoms with Crippen LogP contribution in [0, 0.1) is 35.5 Å². The third-order valence-corrected chi connectivity index (χ3v) is 6.04. The van der Waals surface area contributed by atoms with E-state index in [9.17, 15) is 0 Å². The molecule has 3 fully saturated rings. The van der Waals surface area contributed by atoms with Gasteiger partial charge in [0.05, 0.1) is 0 Å². The van der Waals surface area contributed by atoms with Gasteiger partial charge in [0.1, 0.15) is 0 Å². The largest absolute Gasteiger partial charge is 0.330 e. The summed E-state index contributed by atoms with van der Waals surface area (Å²) in [4.78, 5) is 0. The normalized spacial score (nSPS) is 47.3. The van der Waals surface area contributed by atoms with Crippen molar-refractivity contribution in [3.63, 3.8) is 0 Å². The van der Waals surface area contributed by atoms with Gasteiger partial charge < -0.3 is 5.73 Å². The fraction of sp³-hybridized carbons (Fsp3) is 1.00. The smallest absolute Gasteiger partial charge is 0.00460 e. The Hall–Kier alpha value is -0.0400. The van der Waals surface area contributed by atoms with E-state index in [-0.39, 0.29) is 0 Å². The Morgan fingerprint density at radius 1 is 0.882 bits per heavy atom. The Morgan fingerprint density at radius 3 is 2.29 bits per heavy atom. The third kappa shape index (κ3) is 2.54. The van der Waals surface area contributed by atoms with Crippen molar-refractivity contribution in [2.45, 2.75) is 58.3 Å². The molecule has 5 unspecified atom stereocenters. The lowest BCUT2D eigenvalue weighted by atomic mass is 9.70. The van der Waals surface area contributed by atoms with Gasteiger partial charge in [0, 0.05) is 0 Å². The molecule has 0 aromatic heterocycles. The first-order valence-electron chi connectivity index (χ1n) is 7.98. The predicted octanol–water partition coefficient (Wildman–Crippen LogP) is 3.82. The first-order chi connectivity index (χ1) is 8.28. The molecule has 3 aliphatic rings. The number of rotatable bonds is 3. The minimum atomic E-state index is 0.899. The third-order valence-electron chi connectivity index (χ3n) is 6.04. The molecule has 5 atom stereocenters.